The van der Waals surface area contributed by atoms with Crippen LogP contribution in [0.25, 0.3) is 0 Å². The Bertz CT molecular complexity index is 672. The number of amides is 1. The number of carbonyl (C=O) groups excluding carboxylic acids is 1. The topological polar surface area (TPSA) is 85.8 Å². The van der Waals surface area contributed by atoms with Gasteiger partial charge in [0.25, 0.3) is 0 Å². The Hall–Kier alpha value is -2.36. The summed E-state index contributed by atoms with van der Waals surface area (Å²) in [5.41, 5.74) is 6.61. The summed E-state index contributed by atoms with van der Waals surface area (Å²) in [4.78, 5) is 11.9. The zero-order valence-corrected chi connectivity index (χ0v) is 12.0. The maximum absolute atomic E-state index is 11.9. The molecule has 0 fully saturated rings. The number of carbonyl (C=O) groups is 1. The lowest BCUT2D eigenvalue weighted by Crippen LogP contribution is -2.15. The number of nitrogens with zero attached hydrogens (tertiary/aromatic N) is 3. The Kier molecular flexibility index (Phi) is 5.32. The molecule has 6 nitrogen and oxygen atoms in total. The van der Waals surface area contributed by atoms with E-state index < -0.39 is 0 Å². The van der Waals surface area contributed by atoms with Crippen LogP contribution in [0.1, 0.15) is 12.0 Å². The largest absolute Gasteiger partial charge is 0.325 e. The minimum atomic E-state index is -0.156. The smallest absolute Gasteiger partial charge is 0.226 e. The van der Waals surface area contributed by atoms with Crippen molar-refractivity contribution in [3.05, 3.63) is 41.2 Å². The lowest BCUT2D eigenvalue weighted by atomic mass is 10.2. The van der Waals surface area contributed by atoms with Crippen LogP contribution in [-0.2, 0) is 11.3 Å². The Balaban J connectivity index is 1.99. The van der Waals surface area contributed by atoms with Crippen molar-refractivity contribution in [2.24, 2.45) is 5.73 Å². The van der Waals surface area contributed by atoms with E-state index in [0.29, 0.717) is 17.3 Å². The highest BCUT2D eigenvalue weighted by atomic mass is 35.5. The second kappa shape index (κ2) is 7.43. The number of nitrogens with two attached hydrogens (primary N) is 1. The van der Waals surface area contributed by atoms with Crippen LogP contribution >= 0.6 is 11.6 Å². The second-order valence-electron chi connectivity index (χ2n) is 4.16. The van der Waals surface area contributed by atoms with E-state index >= 15 is 0 Å². The van der Waals surface area contributed by atoms with Crippen molar-refractivity contribution < 1.29 is 4.79 Å². The second-order valence-corrected chi connectivity index (χ2v) is 4.57. The standard InChI is InChI=1S/C14H14ClN5O/c15-12-4-3-11(2-1-6-16)10-13(12)18-14(21)5-8-20-9-7-17-19-20/h3-4,7,9-10H,5-6,8,16H2,(H,18,21). The molecule has 1 aromatic heterocycles. The summed E-state index contributed by atoms with van der Waals surface area (Å²) < 4.78 is 1.59. The quantitative estimate of drug-likeness (QED) is 0.833. The Morgan fingerprint density at radius 1 is 1.48 bits per heavy atom. The average Bonchev–Trinajstić information content (AvgIpc) is 2.99. The molecule has 1 aromatic carbocycles. The molecule has 1 heterocycles. The van der Waals surface area contributed by atoms with Crippen LogP contribution in [0.15, 0.2) is 30.6 Å². The zero-order chi connectivity index (χ0) is 15.1. The van der Waals surface area contributed by atoms with E-state index in [-0.39, 0.29) is 18.9 Å². The molecule has 0 aliphatic rings. The number of nitrogens with one attached hydrogen (secondary N) is 1. The van der Waals surface area contributed by atoms with Gasteiger partial charge in [-0.1, -0.05) is 28.7 Å². The van der Waals surface area contributed by atoms with Gasteiger partial charge in [-0.15, -0.1) is 5.10 Å². The van der Waals surface area contributed by atoms with Gasteiger partial charge in [0.05, 0.1) is 30.0 Å². The molecule has 0 saturated heterocycles. The van der Waals surface area contributed by atoms with Crippen LogP contribution in [0.2, 0.25) is 5.02 Å². The van der Waals surface area contributed by atoms with Crippen molar-refractivity contribution in [1.82, 2.24) is 15.0 Å². The molecular weight excluding hydrogens is 290 g/mol. The highest BCUT2D eigenvalue weighted by Gasteiger charge is 2.07. The van der Waals surface area contributed by atoms with Crippen LogP contribution in [0.4, 0.5) is 5.69 Å². The number of hydrogen-bond acceptors (Lipinski definition) is 4. The van der Waals surface area contributed by atoms with Gasteiger partial charge in [-0.2, -0.15) is 0 Å². The molecule has 3 N–H and O–H groups in total. The maximum atomic E-state index is 11.9. The minimum absolute atomic E-state index is 0.156. The molecule has 0 aliphatic carbocycles. The molecule has 1 amide bonds. The average molecular weight is 304 g/mol. The van der Waals surface area contributed by atoms with Gasteiger partial charge >= 0.3 is 0 Å². The Labute approximate surface area is 127 Å². The van der Waals surface area contributed by atoms with Crippen molar-refractivity contribution in [1.29, 1.82) is 0 Å². The molecule has 2 rings (SSSR count). The van der Waals surface area contributed by atoms with Crippen molar-refractivity contribution in [2.75, 3.05) is 11.9 Å². The number of halogens is 1. The van der Waals surface area contributed by atoms with Crippen LogP contribution < -0.4 is 11.1 Å². The first kappa shape index (κ1) is 15.0. The van der Waals surface area contributed by atoms with Gasteiger partial charge in [0.2, 0.25) is 5.91 Å². The van der Waals surface area contributed by atoms with Crippen molar-refractivity contribution >= 4 is 23.2 Å². The molecule has 0 atom stereocenters. The van der Waals surface area contributed by atoms with Crippen molar-refractivity contribution in [3.63, 3.8) is 0 Å². The SMILES string of the molecule is NCC#Cc1ccc(Cl)c(NC(=O)CCn2ccnn2)c1. The van der Waals surface area contributed by atoms with E-state index in [9.17, 15) is 4.79 Å². The van der Waals surface area contributed by atoms with E-state index in [2.05, 4.69) is 27.5 Å². The normalized spacial score (nSPS) is 9.81. The molecular formula is C14H14ClN5O. The molecule has 0 spiro atoms. The maximum Gasteiger partial charge on any atom is 0.226 e. The first-order valence-corrected chi connectivity index (χ1v) is 6.69. The number of hydrogen-bond donors (Lipinski definition) is 2. The zero-order valence-electron chi connectivity index (χ0n) is 11.2. The molecule has 0 unspecified atom stereocenters. The molecule has 0 radical (unpaired) electrons. The third-order valence-corrected chi connectivity index (χ3v) is 2.94. The molecule has 0 aliphatic heterocycles. The molecule has 21 heavy (non-hydrogen) atoms. The lowest BCUT2D eigenvalue weighted by Gasteiger charge is -2.07. The van der Waals surface area contributed by atoms with Gasteiger partial charge < -0.3 is 11.1 Å². The first-order chi connectivity index (χ1) is 10.2. The first-order valence-electron chi connectivity index (χ1n) is 6.31. The summed E-state index contributed by atoms with van der Waals surface area (Å²) in [5, 5.41) is 10.7. The van der Waals surface area contributed by atoms with Gasteiger partial charge in [0.1, 0.15) is 0 Å². The van der Waals surface area contributed by atoms with Crippen LogP contribution in [-0.4, -0.2) is 27.4 Å². The van der Waals surface area contributed by atoms with E-state index in [1.165, 1.54) is 0 Å². The summed E-state index contributed by atoms with van der Waals surface area (Å²) in [5.74, 6) is 5.49. The summed E-state index contributed by atoms with van der Waals surface area (Å²) in [6.45, 7) is 0.734. The molecule has 0 bridgehead atoms. The lowest BCUT2D eigenvalue weighted by molar-refractivity contribution is -0.116. The molecule has 0 saturated carbocycles. The third kappa shape index (κ3) is 4.60. The van der Waals surface area contributed by atoms with Gasteiger partial charge in [-0.3, -0.25) is 9.48 Å². The number of aryl methyl sites for hydroxylation is 1. The highest BCUT2D eigenvalue weighted by molar-refractivity contribution is 6.33. The number of anilines is 1. The molecule has 108 valence electrons. The Morgan fingerprint density at radius 3 is 3.05 bits per heavy atom. The van der Waals surface area contributed by atoms with Crippen LogP contribution in [0, 0.1) is 11.8 Å². The number of benzene rings is 1. The molecule has 2 aromatic rings. The predicted octanol–water partition coefficient (Wildman–Crippen LogP) is 1.27. The summed E-state index contributed by atoms with van der Waals surface area (Å²) in [6, 6.07) is 5.18. The van der Waals surface area contributed by atoms with Gasteiger partial charge in [-0.05, 0) is 18.2 Å². The third-order valence-electron chi connectivity index (χ3n) is 2.62. The van der Waals surface area contributed by atoms with Crippen LogP contribution in [0.3, 0.4) is 0 Å². The fourth-order valence-electron chi connectivity index (χ4n) is 1.63. The van der Waals surface area contributed by atoms with Gasteiger partial charge in [0.15, 0.2) is 0 Å². The molecule has 7 heteroatoms. The van der Waals surface area contributed by atoms with E-state index in [0.717, 1.165) is 5.56 Å². The van der Waals surface area contributed by atoms with Crippen molar-refractivity contribution in [2.45, 2.75) is 13.0 Å². The van der Waals surface area contributed by atoms with Crippen LogP contribution in [0.5, 0.6) is 0 Å². The summed E-state index contributed by atoms with van der Waals surface area (Å²) in [7, 11) is 0. The fraction of sp³-hybridized carbons (Fsp3) is 0.214. The minimum Gasteiger partial charge on any atom is -0.325 e. The summed E-state index contributed by atoms with van der Waals surface area (Å²) in [6.07, 6.45) is 3.54. The van der Waals surface area contributed by atoms with E-state index in [1.807, 2.05) is 0 Å². The monoisotopic (exact) mass is 303 g/mol. The fourth-order valence-corrected chi connectivity index (χ4v) is 1.80. The van der Waals surface area contributed by atoms with E-state index in [1.54, 1.807) is 35.3 Å². The van der Waals surface area contributed by atoms with E-state index in [4.69, 9.17) is 17.3 Å². The van der Waals surface area contributed by atoms with Gasteiger partial charge in [-0.25, -0.2) is 0 Å². The summed E-state index contributed by atoms with van der Waals surface area (Å²) >= 11 is 6.06. The predicted molar refractivity (Wildman–Crippen MR) is 80.7 cm³/mol. The number of aromatic nitrogens is 3. The Morgan fingerprint density at radius 2 is 2.33 bits per heavy atom. The van der Waals surface area contributed by atoms with Crippen molar-refractivity contribution in [3.8, 4) is 11.8 Å². The van der Waals surface area contributed by atoms with Gasteiger partial charge in [0, 0.05) is 18.2 Å². The highest BCUT2D eigenvalue weighted by Crippen LogP contribution is 2.22. The number of rotatable bonds is 4.